The topological polar surface area (TPSA) is 34.4 Å². The number of hydrogen-bond donors (Lipinski definition) is 1. The van der Waals surface area contributed by atoms with Crippen LogP contribution in [0.25, 0.3) is 11.3 Å². The molecule has 0 saturated carbocycles. The lowest BCUT2D eigenvalue weighted by Crippen LogP contribution is -2.21. The van der Waals surface area contributed by atoms with Gasteiger partial charge in [0, 0.05) is 12.5 Å². The van der Waals surface area contributed by atoms with Crippen molar-refractivity contribution in [1.29, 1.82) is 0 Å². The number of hydrogen-bond acceptors (Lipinski definition) is 3. The molecule has 3 rings (SSSR count). The maximum atomic E-state index is 5.90. The summed E-state index contributed by atoms with van der Waals surface area (Å²) < 4.78 is 11.6. The molecule has 1 N–H and O–H groups in total. The molecule has 0 fully saturated rings. The lowest BCUT2D eigenvalue weighted by Gasteiger charge is -2.06. The van der Waals surface area contributed by atoms with Gasteiger partial charge in [0.2, 0.25) is 0 Å². The van der Waals surface area contributed by atoms with Crippen molar-refractivity contribution < 1.29 is 9.15 Å². The molecular formula is C16H19NO2. The molecule has 1 aliphatic heterocycles. The van der Waals surface area contributed by atoms with E-state index >= 15 is 0 Å². The summed E-state index contributed by atoms with van der Waals surface area (Å²) >= 11 is 0. The van der Waals surface area contributed by atoms with E-state index < -0.39 is 0 Å². The highest BCUT2D eigenvalue weighted by atomic mass is 16.5. The van der Waals surface area contributed by atoms with Gasteiger partial charge in [-0.25, -0.2) is 0 Å². The second-order valence-corrected chi connectivity index (χ2v) is 5.19. The van der Waals surface area contributed by atoms with Crippen molar-refractivity contribution in [1.82, 2.24) is 5.32 Å². The van der Waals surface area contributed by atoms with Crippen LogP contribution in [0.5, 0.6) is 5.75 Å². The molecule has 19 heavy (non-hydrogen) atoms. The van der Waals surface area contributed by atoms with Crippen molar-refractivity contribution in [2.24, 2.45) is 0 Å². The molecule has 0 aliphatic carbocycles. The average molecular weight is 257 g/mol. The first-order valence-electron chi connectivity index (χ1n) is 6.81. The fraction of sp³-hybridized carbons (Fsp3) is 0.375. The predicted octanol–water partition coefficient (Wildman–Crippen LogP) is 3.38. The molecule has 1 aliphatic rings. The summed E-state index contributed by atoms with van der Waals surface area (Å²) in [7, 11) is 0. The predicted molar refractivity (Wildman–Crippen MR) is 75.3 cm³/mol. The van der Waals surface area contributed by atoms with Crippen LogP contribution in [0.15, 0.2) is 34.7 Å². The third kappa shape index (κ3) is 2.51. The minimum Gasteiger partial charge on any atom is -0.492 e. The molecular weight excluding hydrogens is 238 g/mol. The van der Waals surface area contributed by atoms with Crippen molar-refractivity contribution in [2.45, 2.75) is 32.9 Å². The van der Waals surface area contributed by atoms with Gasteiger partial charge in [-0.15, -0.1) is 0 Å². The number of furan rings is 1. The van der Waals surface area contributed by atoms with Crippen LogP contribution in [-0.2, 0) is 13.0 Å². The molecule has 1 aromatic carbocycles. The summed E-state index contributed by atoms with van der Waals surface area (Å²) in [6.45, 7) is 5.78. The van der Waals surface area contributed by atoms with Gasteiger partial charge in [-0.1, -0.05) is 26.0 Å². The maximum Gasteiger partial charge on any atom is 0.138 e. The summed E-state index contributed by atoms with van der Waals surface area (Å²) in [4.78, 5) is 0. The molecule has 100 valence electrons. The average Bonchev–Trinajstić information content (AvgIpc) is 3.04. The van der Waals surface area contributed by atoms with Gasteiger partial charge in [-0.2, -0.15) is 0 Å². The van der Waals surface area contributed by atoms with Gasteiger partial charge in [-0.05, 0) is 23.8 Å². The van der Waals surface area contributed by atoms with Crippen LogP contribution in [0, 0.1) is 0 Å². The number of para-hydroxylation sites is 1. The fourth-order valence-electron chi connectivity index (χ4n) is 2.33. The van der Waals surface area contributed by atoms with Crippen LogP contribution in [0.4, 0.5) is 0 Å². The first kappa shape index (κ1) is 12.3. The molecule has 3 nitrogen and oxygen atoms in total. The SMILES string of the molecule is CC(C)NCc1ccc(-c2cccc3c2OCC3)o1. The minimum absolute atomic E-state index is 0.456. The molecule has 0 saturated heterocycles. The quantitative estimate of drug-likeness (QED) is 0.911. The molecule has 0 atom stereocenters. The molecule has 0 radical (unpaired) electrons. The van der Waals surface area contributed by atoms with Crippen LogP contribution >= 0.6 is 0 Å². The smallest absolute Gasteiger partial charge is 0.138 e. The van der Waals surface area contributed by atoms with Crippen molar-refractivity contribution in [3.8, 4) is 17.1 Å². The summed E-state index contributed by atoms with van der Waals surface area (Å²) in [6.07, 6.45) is 0.992. The Morgan fingerprint density at radius 3 is 2.95 bits per heavy atom. The van der Waals surface area contributed by atoms with E-state index in [4.69, 9.17) is 9.15 Å². The van der Waals surface area contributed by atoms with Gasteiger partial charge in [0.05, 0.1) is 18.7 Å². The molecule has 2 aromatic rings. The summed E-state index contributed by atoms with van der Waals surface area (Å²) in [5, 5.41) is 3.35. The number of ether oxygens (including phenoxy) is 1. The van der Waals surface area contributed by atoms with E-state index in [9.17, 15) is 0 Å². The summed E-state index contributed by atoms with van der Waals surface area (Å²) in [6, 6.07) is 10.8. The molecule has 0 bridgehead atoms. The first-order chi connectivity index (χ1) is 9.24. The van der Waals surface area contributed by atoms with Crippen LogP contribution < -0.4 is 10.1 Å². The zero-order valence-electron chi connectivity index (χ0n) is 11.4. The van der Waals surface area contributed by atoms with Crippen LogP contribution in [0.1, 0.15) is 25.2 Å². The van der Waals surface area contributed by atoms with Gasteiger partial charge < -0.3 is 14.5 Å². The van der Waals surface area contributed by atoms with E-state index in [-0.39, 0.29) is 0 Å². The number of fused-ring (bicyclic) bond motifs is 1. The number of benzene rings is 1. The molecule has 2 heterocycles. The number of rotatable bonds is 4. The Kier molecular flexibility index (Phi) is 3.30. The maximum absolute atomic E-state index is 5.90. The monoisotopic (exact) mass is 257 g/mol. The van der Waals surface area contributed by atoms with Crippen molar-refractivity contribution >= 4 is 0 Å². The Bertz CT molecular complexity index is 572. The highest BCUT2D eigenvalue weighted by Crippen LogP contribution is 2.37. The van der Waals surface area contributed by atoms with Crippen molar-refractivity contribution in [2.75, 3.05) is 6.61 Å². The fourth-order valence-corrected chi connectivity index (χ4v) is 2.33. The second-order valence-electron chi connectivity index (χ2n) is 5.19. The third-order valence-corrected chi connectivity index (χ3v) is 3.33. The van der Waals surface area contributed by atoms with Gasteiger partial charge in [0.1, 0.15) is 17.3 Å². The second kappa shape index (κ2) is 5.10. The van der Waals surface area contributed by atoms with Gasteiger partial charge in [-0.3, -0.25) is 0 Å². The minimum atomic E-state index is 0.456. The lowest BCUT2D eigenvalue weighted by atomic mass is 10.1. The zero-order chi connectivity index (χ0) is 13.2. The number of nitrogens with one attached hydrogen (secondary N) is 1. The van der Waals surface area contributed by atoms with E-state index in [2.05, 4.69) is 37.4 Å². The largest absolute Gasteiger partial charge is 0.492 e. The molecule has 1 aromatic heterocycles. The third-order valence-electron chi connectivity index (χ3n) is 3.33. The highest BCUT2D eigenvalue weighted by Gasteiger charge is 2.18. The molecule has 0 unspecified atom stereocenters. The van der Waals surface area contributed by atoms with E-state index in [0.29, 0.717) is 6.04 Å². The van der Waals surface area contributed by atoms with Crippen LogP contribution in [-0.4, -0.2) is 12.6 Å². The van der Waals surface area contributed by atoms with Gasteiger partial charge >= 0.3 is 0 Å². The first-order valence-corrected chi connectivity index (χ1v) is 6.81. The Balaban J connectivity index is 1.85. The lowest BCUT2D eigenvalue weighted by molar-refractivity contribution is 0.357. The standard InChI is InChI=1S/C16H19NO2/c1-11(2)17-10-13-6-7-15(19-13)14-5-3-4-12-8-9-18-16(12)14/h3-7,11,17H,8-10H2,1-2H3. The normalized spacial score (nSPS) is 13.6. The zero-order valence-corrected chi connectivity index (χ0v) is 11.4. The Hall–Kier alpha value is -1.74. The molecule has 3 heteroatoms. The van der Waals surface area contributed by atoms with E-state index in [0.717, 1.165) is 42.4 Å². The Morgan fingerprint density at radius 2 is 2.11 bits per heavy atom. The van der Waals surface area contributed by atoms with E-state index in [1.165, 1.54) is 5.56 Å². The summed E-state index contributed by atoms with van der Waals surface area (Å²) in [5.41, 5.74) is 2.33. The highest BCUT2D eigenvalue weighted by molar-refractivity contribution is 5.69. The Morgan fingerprint density at radius 1 is 1.21 bits per heavy atom. The summed E-state index contributed by atoms with van der Waals surface area (Å²) in [5.74, 6) is 2.83. The van der Waals surface area contributed by atoms with Gasteiger partial charge in [0.25, 0.3) is 0 Å². The van der Waals surface area contributed by atoms with E-state index in [1.54, 1.807) is 0 Å². The molecule has 0 spiro atoms. The molecule has 0 amide bonds. The van der Waals surface area contributed by atoms with Crippen molar-refractivity contribution in [3.63, 3.8) is 0 Å². The van der Waals surface area contributed by atoms with E-state index in [1.807, 2.05) is 12.1 Å². The Labute approximate surface area is 113 Å². The van der Waals surface area contributed by atoms with Crippen molar-refractivity contribution in [3.05, 3.63) is 41.7 Å². The van der Waals surface area contributed by atoms with Gasteiger partial charge in [0.15, 0.2) is 0 Å². The van der Waals surface area contributed by atoms with Crippen LogP contribution in [0.2, 0.25) is 0 Å². The van der Waals surface area contributed by atoms with Crippen LogP contribution in [0.3, 0.4) is 0 Å².